The lowest BCUT2D eigenvalue weighted by molar-refractivity contribution is -0.128. The molecule has 0 saturated carbocycles. The van der Waals surface area contributed by atoms with E-state index in [1.807, 2.05) is 66.4 Å². The van der Waals surface area contributed by atoms with Gasteiger partial charge in [0.05, 0.1) is 0 Å². The molecule has 0 N–H and O–H groups in total. The monoisotopic (exact) mass is 339 g/mol. The molecule has 0 atom stereocenters. The SMILES string of the molecule is CC1=CC(=O)N(C(c2ccccc2)(c2ccccc2)c2ccccc2)C1. The van der Waals surface area contributed by atoms with E-state index in [2.05, 4.69) is 36.4 Å². The van der Waals surface area contributed by atoms with Gasteiger partial charge in [-0.15, -0.1) is 0 Å². The van der Waals surface area contributed by atoms with Gasteiger partial charge in [-0.3, -0.25) is 4.79 Å². The Labute approximate surface area is 154 Å². The van der Waals surface area contributed by atoms with Crippen LogP contribution in [0.3, 0.4) is 0 Å². The summed E-state index contributed by atoms with van der Waals surface area (Å²) >= 11 is 0. The van der Waals surface area contributed by atoms with Crippen LogP contribution in [0.25, 0.3) is 0 Å². The summed E-state index contributed by atoms with van der Waals surface area (Å²) in [5.74, 6) is 0.0547. The minimum Gasteiger partial charge on any atom is -0.317 e. The third-order valence-corrected chi connectivity index (χ3v) is 5.02. The number of hydrogen-bond acceptors (Lipinski definition) is 1. The number of carbonyl (C=O) groups is 1. The van der Waals surface area contributed by atoms with Crippen molar-refractivity contribution in [3.8, 4) is 0 Å². The van der Waals surface area contributed by atoms with Crippen LogP contribution < -0.4 is 0 Å². The Morgan fingerprint density at radius 3 is 1.38 bits per heavy atom. The highest BCUT2D eigenvalue weighted by Crippen LogP contribution is 2.44. The zero-order valence-electron chi connectivity index (χ0n) is 14.8. The molecule has 1 aliphatic rings. The largest absolute Gasteiger partial charge is 0.317 e. The second-order valence-corrected chi connectivity index (χ2v) is 6.72. The number of nitrogens with zero attached hydrogens (tertiary/aromatic N) is 1. The maximum atomic E-state index is 13.0. The summed E-state index contributed by atoms with van der Waals surface area (Å²) in [6, 6.07) is 30.9. The van der Waals surface area contributed by atoms with E-state index in [4.69, 9.17) is 0 Å². The summed E-state index contributed by atoms with van der Waals surface area (Å²) in [6.45, 7) is 2.64. The lowest BCUT2D eigenvalue weighted by atomic mass is 9.75. The molecule has 3 aromatic carbocycles. The molecular weight excluding hydrogens is 318 g/mol. The van der Waals surface area contributed by atoms with Crippen molar-refractivity contribution in [1.82, 2.24) is 4.90 Å². The first-order valence-corrected chi connectivity index (χ1v) is 8.88. The first-order chi connectivity index (χ1) is 12.7. The summed E-state index contributed by atoms with van der Waals surface area (Å²) in [7, 11) is 0. The van der Waals surface area contributed by atoms with Crippen molar-refractivity contribution >= 4 is 5.91 Å². The van der Waals surface area contributed by atoms with Gasteiger partial charge in [-0.25, -0.2) is 0 Å². The summed E-state index contributed by atoms with van der Waals surface area (Å²) in [4.78, 5) is 15.0. The van der Waals surface area contributed by atoms with E-state index in [1.165, 1.54) is 0 Å². The Balaban J connectivity index is 2.06. The van der Waals surface area contributed by atoms with Gasteiger partial charge in [0.2, 0.25) is 5.91 Å². The molecule has 2 nitrogen and oxygen atoms in total. The Hall–Kier alpha value is -3.13. The highest BCUT2D eigenvalue weighted by Gasteiger charge is 2.45. The van der Waals surface area contributed by atoms with Crippen molar-refractivity contribution < 1.29 is 4.79 Å². The number of hydrogen-bond donors (Lipinski definition) is 0. The van der Waals surface area contributed by atoms with Crippen LogP contribution in [0, 0.1) is 0 Å². The van der Waals surface area contributed by atoms with Crippen LogP contribution in [0.1, 0.15) is 23.6 Å². The average Bonchev–Trinajstić information content (AvgIpc) is 3.03. The van der Waals surface area contributed by atoms with Crippen molar-refractivity contribution in [3.63, 3.8) is 0 Å². The summed E-state index contributed by atoms with van der Waals surface area (Å²) in [5, 5.41) is 0. The van der Waals surface area contributed by atoms with Crippen LogP contribution in [0.2, 0.25) is 0 Å². The molecule has 1 amide bonds. The minimum absolute atomic E-state index is 0.0547. The molecule has 128 valence electrons. The van der Waals surface area contributed by atoms with Crippen molar-refractivity contribution in [2.45, 2.75) is 12.5 Å². The molecule has 3 aromatic rings. The molecule has 0 saturated heterocycles. The van der Waals surface area contributed by atoms with Gasteiger partial charge in [0.15, 0.2) is 0 Å². The van der Waals surface area contributed by atoms with Crippen molar-refractivity contribution in [2.24, 2.45) is 0 Å². The Morgan fingerprint density at radius 1 is 0.692 bits per heavy atom. The van der Waals surface area contributed by atoms with Gasteiger partial charge < -0.3 is 4.90 Å². The third-order valence-electron chi connectivity index (χ3n) is 5.02. The van der Waals surface area contributed by atoms with Crippen LogP contribution in [-0.2, 0) is 10.3 Å². The predicted octanol–water partition coefficient (Wildman–Crippen LogP) is 4.77. The average molecular weight is 339 g/mol. The van der Waals surface area contributed by atoms with Crippen molar-refractivity contribution in [1.29, 1.82) is 0 Å². The van der Waals surface area contributed by atoms with E-state index in [0.29, 0.717) is 6.54 Å². The van der Waals surface area contributed by atoms with Gasteiger partial charge in [-0.2, -0.15) is 0 Å². The van der Waals surface area contributed by atoms with E-state index in [0.717, 1.165) is 22.3 Å². The number of carbonyl (C=O) groups excluding carboxylic acids is 1. The van der Waals surface area contributed by atoms with E-state index in [-0.39, 0.29) is 5.91 Å². The Morgan fingerprint density at radius 2 is 1.08 bits per heavy atom. The molecule has 2 heteroatoms. The van der Waals surface area contributed by atoms with Gasteiger partial charge in [-0.1, -0.05) is 91.0 Å². The summed E-state index contributed by atoms with van der Waals surface area (Å²) < 4.78 is 0. The van der Waals surface area contributed by atoms with Crippen molar-refractivity contribution in [3.05, 3.63) is 119 Å². The Kier molecular flexibility index (Phi) is 4.18. The molecular formula is C24H21NO. The van der Waals surface area contributed by atoms with Crippen LogP contribution in [0.5, 0.6) is 0 Å². The first-order valence-electron chi connectivity index (χ1n) is 8.88. The first kappa shape index (κ1) is 16.3. The quantitative estimate of drug-likeness (QED) is 0.627. The van der Waals surface area contributed by atoms with Gasteiger partial charge in [0.25, 0.3) is 0 Å². The topological polar surface area (TPSA) is 20.3 Å². The van der Waals surface area contributed by atoms with Crippen LogP contribution in [0.4, 0.5) is 0 Å². The molecule has 26 heavy (non-hydrogen) atoms. The zero-order valence-corrected chi connectivity index (χ0v) is 14.8. The number of rotatable bonds is 4. The fourth-order valence-electron chi connectivity index (χ4n) is 3.95. The maximum absolute atomic E-state index is 13.0. The molecule has 0 spiro atoms. The van der Waals surface area contributed by atoms with Gasteiger partial charge >= 0.3 is 0 Å². The van der Waals surface area contributed by atoms with Gasteiger partial charge in [-0.05, 0) is 29.2 Å². The van der Waals surface area contributed by atoms with Crippen LogP contribution in [0.15, 0.2) is 103 Å². The molecule has 0 aromatic heterocycles. The number of amides is 1. The molecule has 0 unspecified atom stereocenters. The van der Waals surface area contributed by atoms with E-state index in [1.54, 1.807) is 6.08 Å². The Bertz CT molecular complexity index is 833. The lowest BCUT2D eigenvalue weighted by Gasteiger charge is -2.43. The molecule has 1 aliphatic heterocycles. The molecule has 0 radical (unpaired) electrons. The maximum Gasteiger partial charge on any atom is 0.248 e. The minimum atomic E-state index is -0.658. The van der Waals surface area contributed by atoms with E-state index >= 15 is 0 Å². The highest BCUT2D eigenvalue weighted by atomic mass is 16.2. The summed E-state index contributed by atoms with van der Waals surface area (Å²) in [6.07, 6.45) is 1.75. The molecule has 0 bridgehead atoms. The fourth-order valence-corrected chi connectivity index (χ4v) is 3.95. The smallest absolute Gasteiger partial charge is 0.248 e. The van der Waals surface area contributed by atoms with Gasteiger partial charge in [0.1, 0.15) is 5.54 Å². The molecule has 1 heterocycles. The van der Waals surface area contributed by atoms with Gasteiger partial charge in [0, 0.05) is 12.6 Å². The van der Waals surface area contributed by atoms with E-state index in [9.17, 15) is 4.79 Å². The summed E-state index contributed by atoms with van der Waals surface area (Å²) in [5.41, 5.74) is 3.70. The second-order valence-electron chi connectivity index (χ2n) is 6.72. The normalized spacial score (nSPS) is 14.4. The molecule has 0 fully saturated rings. The highest BCUT2D eigenvalue weighted by molar-refractivity contribution is 5.93. The molecule has 4 rings (SSSR count). The van der Waals surface area contributed by atoms with Crippen LogP contribution >= 0.6 is 0 Å². The molecule has 0 aliphatic carbocycles. The lowest BCUT2D eigenvalue weighted by Crippen LogP contribution is -2.49. The van der Waals surface area contributed by atoms with Crippen LogP contribution in [-0.4, -0.2) is 17.4 Å². The zero-order chi connectivity index (χ0) is 18.0. The second kappa shape index (κ2) is 6.64. The fraction of sp³-hybridized carbons (Fsp3) is 0.125. The standard InChI is InChI=1S/C24H21NO/c1-19-17-23(26)25(18-19)24(20-11-5-2-6-12-20,21-13-7-3-8-14-21)22-15-9-4-10-16-22/h2-17H,18H2,1H3. The number of benzene rings is 3. The predicted molar refractivity (Wildman–Crippen MR) is 105 cm³/mol. The van der Waals surface area contributed by atoms with Crippen molar-refractivity contribution in [2.75, 3.05) is 6.54 Å². The van der Waals surface area contributed by atoms with E-state index < -0.39 is 5.54 Å². The third kappa shape index (κ3) is 2.55.